The summed E-state index contributed by atoms with van der Waals surface area (Å²) in [5, 5.41) is 13.7. The monoisotopic (exact) mass is 454 g/mol. The molecule has 3 aromatic rings. The minimum Gasteiger partial charge on any atom is -0.364 e. The Morgan fingerprint density at radius 1 is 1.29 bits per heavy atom. The van der Waals surface area contributed by atoms with E-state index < -0.39 is 0 Å². The van der Waals surface area contributed by atoms with Crippen molar-refractivity contribution in [2.24, 2.45) is 0 Å². The van der Waals surface area contributed by atoms with Gasteiger partial charge in [-0.2, -0.15) is 5.26 Å². The quantitative estimate of drug-likeness (QED) is 0.358. The molecule has 4 rings (SSSR count). The van der Waals surface area contributed by atoms with Crippen LogP contribution < -0.4 is 10.2 Å². The zero-order valence-electron chi connectivity index (χ0n) is 20.8. The van der Waals surface area contributed by atoms with Crippen LogP contribution in [0.4, 0.5) is 5.69 Å². The number of aromatic amines is 1. The van der Waals surface area contributed by atoms with E-state index in [9.17, 15) is 10.1 Å². The van der Waals surface area contributed by atoms with Crippen molar-refractivity contribution < 1.29 is 4.79 Å². The average molecular weight is 455 g/mol. The molecule has 1 amide bonds. The number of hydrogen-bond acceptors (Lipinski definition) is 3. The average Bonchev–Trinajstić information content (AvgIpc) is 3.20. The highest BCUT2D eigenvalue weighted by Gasteiger charge is 2.37. The van der Waals surface area contributed by atoms with Crippen LogP contribution in [0.15, 0.2) is 54.2 Å². The minimum atomic E-state index is -0.335. The van der Waals surface area contributed by atoms with E-state index in [1.54, 1.807) is 6.08 Å². The highest BCUT2D eigenvalue weighted by atomic mass is 16.1. The van der Waals surface area contributed by atoms with Crippen molar-refractivity contribution in [1.82, 2.24) is 10.3 Å². The zero-order valence-corrected chi connectivity index (χ0v) is 20.8. The molecule has 1 unspecified atom stereocenters. The Morgan fingerprint density at radius 2 is 2.06 bits per heavy atom. The van der Waals surface area contributed by atoms with E-state index in [1.165, 1.54) is 11.3 Å². The van der Waals surface area contributed by atoms with Crippen molar-refractivity contribution in [2.45, 2.75) is 65.0 Å². The fraction of sp³-hybridized carbons (Fsp3) is 0.379. The third-order valence-electron chi connectivity index (χ3n) is 6.85. The summed E-state index contributed by atoms with van der Waals surface area (Å²) < 4.78 is 0. The van der Waals surface area contributed by atoms with Crippen LogP contribution >= 0.6 is 0 Å². The van der Waals surface area contributed by atoms with Gasteiger partial charge >= 0.3 is 0 Å². The summed E-state index contributed by atoms with van der Waals surface area (Å²) >= 11 is 0. The maximum Gasteiger partial charge on any atom is 0.261 e. The number of nitrogens with zero attached hydrogens (tertiary/aromatic N) is 2. The standard InChI is InChI=1S/C29H34N4O/c1-19(2)33-27-11-10-21(15-25(27)20(3)16-29(33,4)5)14-23(17-30)28(34)31-13-12-22-18-32-26-9-7-6-8-24(22)26/h6-11,14-15,18-20,32H,12-13,16H2,1-5H3,(H,31,34)/b23-14-. The predicted octanol–water partition coefficient (Wildman–Crippen LogP) is 5.93. The van der Waals surface area contributed by atoms with Gasteiger partial charge in [-0.05, 0) is 87.4 Å². The highest BCUT2D eigenvalue weighted by molar-refractivity contribution is 6.01. The van der Waals surface area contributed by atoms with E-state index in [0.29, 0.717) is 24.9 Å². The molecule has 1 aromatic heterocycles. The molecule has 5 heteroatoms. The number of carbonyl (C=O) groups is 1. The first kappa shape index (κ1) is 23.6. The molecule has 1 aliphatic heterocycles. The number of nitrogens with one attached hydrogen (secondary N) is 2. The van der Waals surface area contributed by atoms with Crippen LogP contribution in [0.1, 0.15) is 63.6 Å². The summed E-state index contributed by atoms with van der Waals surface area (Å²) in [6.07, 6.45) is 5.44. The Bertz CT molecular complexity index is 1270. The third kappa shape index (κ3) is 4.59. The van der Waals surface area contributed by atoms with Gasteiger partial charge in [0.25, 0.3) is 5.91 Å². The zero-order chi connectivity index (χ0) is 24.5. The van der Waals surface area contributed by atoms with E-state index in [4.69, 9.17) is 0 Å². The molecule has 5 nitrogen and oxygen atoms in total. The summed E-state index contributed by atoms with van der Waals surface area (Å²) in [5.74, 6) is 0.0712. The lowest BCUT2D eigenvalue weighted by Crippen LogP contribution is -2.51. The molecule has 0 radical (unpaired) electrons. The Hall–Kier alpha value is -3.52. The van der Waals surface area contributed by atoms with Crippen LogP contribution in [-0.2, 0) is 11.2 Å². The van der Waals surface area contributed by atoms with Gasteiger partial charge in [-0.3, -0.25) is 4.79 Å². The van der Waals surface area contributed by atoms with Crippen LogP contribution in [0, 0.1) is 11.3 Å². The number of fused-ring (bicyclic) bond motifs is 2. The van der Waals surface area contributed by atoms with Crippen molar-refractivity contribution in [3.63, 3.8) is 0 Å². The van der Waals surface area contributed by atoms with Gasteiger partial charge in [0.1, 0.15) is 11.6 Å². The van der Waals surface area contributed by atoms with Gasteiger partial charge < -0.3 is 15.2 Å². The normalized spacial score (nSPS) is 17.5. The van der Waals surface area contributed by atoms with Crippen molar-refractivity contribution in [2.75, 3.05) is 11.4 Å². The van der Waals surface area contributed by atoms with Crippen molar-refractivity contribution in [3.05, 3.63) is 70.9 Å². The van der Waals surface area contributed by atoms with Gasteiger partial charge in [0.2, 0.25) is 0 Å². The third-order valence-corrected chi connectivity index (χ3v) is 6.85. The molecule has 0 aliphatic carbocycles. The van der Waals surface area contributed by atoms with Crippen LogP contribution in [0.25, 0.3) is 17.0 Å². The lowest BCUT2D eigenvalue weighted by atomic mass is 9.79. The summed E-state index contributed by atoms with van der Waals surface area (Å²) in [5.41, 5.74) is 5.86. The molecule has 1 atom stereocenters. The highest BCUT2D eigenvalue weighted by Crippen LogP contribution is 2.44. The topological polar surface area (TPSA) is 71.9 Å². The van der Waals surface area contributed by atoms with Gasteiger partial charge in [0, 0.05) is 40.9 Å². The molecule has 2 aromatic carbocycles. The number of H-pyrrole nitrogens is 1. The van der Waals surface area contributed by atoms with Crippen LogP contribution in [-0.4, -0.2) is 29.0 Å². The first-order valence-electron chi connectivity index (χ1n) is 12.1. The Kier molecular flexibility index (Phi) is 6.52. The number of carbonyl (C=O) groups excluding carboxylic acids is 1. The van der Waals surface area contributed by atoms with Crippen LogP contribution in [0.2, 0.25) is 0 Å². The van der Waals surface area contributed by atoms with E-state index in [0.717, 1.165) is 28.5 Å². The molecule has 1 aliphatic rings. The molecule has 2 heterocycles. The van der Waals surface area contributed by atoms with Crippen molar-refractivity contribution in [1.29, 1.82) is 5.26 Å². The first-order chi connectivity index (χ1) is 16.2. The summed E-state index contributed by atoms with van der Waals surface area (Å²) in [6, 6.07) is 16.9. The number of para-hydroxylation sites is 1. The van der Waals surface area contributed by atoms with Gasteiger partial charge in [0.05, 0.1) is 0 Å². The lowest BCUT2D eigenvalue weighted by molar-refractivity contribution is -0.117. The van der Waals surface area contributed by atoms with E-state index in [1.807, 2.05) is 30.5 Å². The largest absolute Gasteiger partial charge is 0.364 e. The number of amides is 1. The van der Waals surface area contributed by atoms with E-state index in [-0.39, 0.29) is 17.0 Å². The predicted molar refractivity (Wildman–Crippen MR) is 140 cm³/mol. The number of anilines is 1. The number of hydrogen-bond donors (Lipinski definition) is 2. The Labute approximate surface area is 202 Å². The molecule has 2 N–H and O–H groups in total. The maximum atomic E-state index is 12.7. The second-order valence-corrected chi connectivity index (χ2v) is 10.2. The Morgan fingerprint density at radius 3 is 2.79 bits per heavy atom. The fourth-order valence-electron chi connectivity index (χ4n) is 5.60. The van der Waals surface area contributed by atoms with Gasteiger partial charge in [0.15, 0.2) is 0 Å². The molecule has 0 spiro atoms. The maximum absolute atomic E-state index is 12.7. The van der Waals surface area contributed by atoms with E-state index in [2.05, 4.69) is 74.1 Å². The molecular formula is C29H34N4O. The van der Waals surface area contributed by atoms with Gasteiger partial charge in [-0.1, -0.05) is 31.2 Å². The summed E-state index contributed by atoms with van der Waals surface area (Å²) in [4.78, 5) is 18.5. The second-order valence-electron chi connectivity index (χ2n) is 10.2. The number of benzene rings is 2. The summed E-state index contributed by atoms with van der Waals surface area (Å²) in [7, 11) is 0. The fourth-order valence-corrected chi connectivity index (χ4v) is 5.60. The number of aromatic nitrogens is 1. The van der Waals surface area contributed by atoms with Gasteiger partial charge in [-0.15, -0.1) is 0 Å². The van der Waals surface area contributed by atoms with Crippen LogP contribution in [0.5, 0.6) is 0 Å². The molecule has 0 saturated carbocycles. The second kappa shape index (κ2) is 9.38. The van der Waals surface area contributed by atoms with Crippen molar-refractivity contribution >= 4 is 28.6 Å². The smallest absolute Gasteiger partial charge is 0.261 e. The molecule has 0 saturated heterocycles. The molecule has 0 bridgehead atoms. The molecule has 176 valence electrons. The number of rotatable bonds is 6. The first-order valence-corrected chi connectivity index (χ1v) is 12.1. The molecule has 34 heavy (non-hydrogen) atoms. The summed E-state index contributed by atoms with van der Waals surface area (Å²) in [6.45, 7) is 11.8. The molecule has 0 fully saturated rings. The Balaban J connectivity index is 1.49. The van der Waals surface area contributed by atoms with Crippen molar-refractivity contribution in [3.8, 4) is 6.07 Å². The molecular weight excluding hydrogens is 420 g/mol. The minimum absolute atomic E-state index is 0.0838. The van der Waals surface area contributed by atoms with Crippen LogP contribution in [0.3, 0.4) is 0 Å². The van der Waals surface area contributed by atoms with E-state index >= 15 is 0 Å². The lowest BCUT2D eigenvalue weighted by Gasteiger charge is -2.50. The SMILES string of the molecule is CC1CC(C)(C)N(C(C)C)c2ccc(/C=C(/C#N)C(=O)NCCc3c[nH]c4ccccc34)cc21. The number of nitriles is 1. The van der Waals surface area contributed by atoms with Gasteiger partial charge in [-0.25, -0.2) is 0 Å².